The molecule has 2 heterocycles. The van der Waals surface area contributed by atoms with Gasteiger partial charge in [0.1, 0.15) is 22.3 Å². The number of hydrogen-bond acceptors (Lipinski definition) is 2. The number of fused-ring (bicyclic) bond motifs is 22. The van der Waals surface area contributed by atoms with Gasteiger partial charge in [-0.15, -0.1) is 0 Å². The molecule has 0 aliphatic heterocycles. The standard InChI is InChI=1S/C95H68O2/c1-92(2)75-39-23-20-36-69(75)86-87-72-38-22-25-41-82(72)97-91(87)88-70-48-44-59(54-77(70)93(3,4)90(88)89(86)92)53-63(52-58-42-45-61(46-43-58)60-26-10-5-11-27-60)62-47-49-68-73-56-80-74(57-79(73)95(78(68)55-62,66-32-16-8-17-33-66)67-34-18-9-19-35-67)84-76(50-51-83-85(84)71-37-21-24-40-81(71)96-83)94(80,64-28-12-6-13-29-64)65-30-14-7-15-31-65/h5-51,54-57,63H,52-53H2,1-4H3. The van der Waals surface area contributed by atoms with Crippen LogP contribution in [-0.2, 0) is 34.5 Å². The van der Waals surface area contributed by atoms with Gasteiger partial charge < -0.3 is 8.83 Å². The largest absolute Gasteiger partial charge is 0.456 e. The first kappa shape index (κ1) is 56.1. The first-order valence-corrected chi connectivity index (χ1v) is 34.5. The van der Waals surface area contributed by atoms with E-state index < -0.39 is 10.8 Å². The zero-order valence-electron chi connectivity index (χ0n) is 54.8. The molecule has 0 amide bonds. The molecule has 16 aromatic rings. The Bertz CT molecular complexity index is 5830. The van der Waals surface area contributed by atoms with Gasteiger partial charge in [-0.3, -0.25) is 0 Å². The molecule has 1 unspecified atom stereocenters. The van der Waals surface area contributed by atoms with E-state index in [4.69, 9.17) is 8.83 Å². The van der Waals surface area contributed by atoms with Crippen molar-refractivity contribution in [3.63, 3.8) is 0 Å². The summed E-state index contributed by atoms with van der Waals surface area (Å²) < 4.78 is 14.0. The van der Waals surface area contributed by atoms with Gasteiger partial charge in [0.2, 0.25) is 0 Å². The van der Waals surface area contributed by atoms with E-state index in [-0.39, 0.29) is 16.7 Å². The van der Waals surface area contributed by atoms with Crippen molar-refractivity contribution < 1.29 is 8.83 Å². The van der Waals surface area contributed by atoms with E-state index in [9.17, 15) is 0 Å². The molecule has 97 heavy (non-hydrogen) atoms. The average molecular weight is 1240 g/mol. The Kier molecular flexibility index (Phi) is 11.9. The van der Waals surface area contributed by atoms with Gasteiger partial charge in [0, 0.05) is 37.9 Å². The van der Waals surface area contributed by atoms with Crippen LogP contribution in [0.5, 0.6) is 0 Å². The minimum Gasteiger partial charge on any atom is -0.456 e. The third-order valence-electron chi connectivity index (χ3n) is 23.2. The fraction of sp³-hybridized carbons (Fsp3) is 0.116. The highest BCUT2D eigenvalue weighted by Crippen LogP contribution is 2.66. The zero-order valence-corrected chi connectivity index (χ0v) is 54.8. The van der Waals surface area contributed by atoms with Gasteiger partial charge in [-0.25, -0.2) is 0 Å². The van der Waals surface area contributed by atoms with E-state index in [2.05, 4.69) is 337 Å². The second-order valence-electron chi connectivity index (χ2n) is 28.8. The van der Waals surface area contributed by atoms with Crippen molar-refractivity contribution in [1.82, 2.24) is 0 Å². The Hall–Kier alpha value is -11.3. The van der Waals surface area contributed by atoms with E-state index in [1.165, 1.54) is 150 Å². The maximum absolute atomic E-state index is 7.16. The summed E-state index contributed by atoms with van der Waals surface area (Å²) in [5.41, 5.74) is 34.1. The molecule has 0 N–H and O–H groups in total. The smallest absolute Gasteiger partial charge is 0.144 e. The topological polar surface area (TPSA) is 26.3 Å². The molecule has 4 aliphatic carbocycles. The van der Waals surface area contributed by atoms with E-state index in [0.717, 1.165) is 45.9 Å². The fourth-order valence-electron chi connectivity index (χ4n) is 19.1. The summed E-state index contributed by atoms with van der Waals surface area (Å²) in [7, 11) is 0. The van der Waals surface area contributed by atoms with Crippen LogP contribution >= 0.6 is 0 Å². The molecule has 20 rings (SSSR count). The van der Waals surface area contributed by atoms with Gasteiger partial charge in [0.05, 0.1) is 10.8 Å². The van der Waals surface area contributed by atoms with E-state index in [1.807, 2.05) is 0 Å². The number of benzene rings is 14. The lowest BCUT2D eigenvalue weighted by Gasteiger charge is -2.35. The lowest BCUT2D eigenvalue weighted by molar-refractivity contribution is 0.599. The van der Waals surface area contributed by atoms with Crippen LogP contribution in [0, 0.1) is 0 Å². The molecule has 4 aliphatic rings. The minimum atomic E-state index is -0.712. The molecule has 0 radical (unpaired) electrons. The third-order valence-corrected chi connectivity index (χ3v) is 23.2. The van der Waals surface area contributed by atoms with Crippen LogP contribution in [0.25, 0.3) is 99.5 Å². The number of para-hydroxylation sites is 2. The molecule has 2 heteroatoms. The van der Waals surface area contributed by atoms with Crippen LogP contribution in [0.1, 0.15) is 117 Å². The molecule has 14 aromatic carbocycles. The molecular formula is C95H68O2. The molecule has 1 atom stereocenters. The molecule has 2 nitrogen and oxygen atoms in total. The number of furan rings is 2. The summed E-state index contributed by atoms with van der Waals surface area (Å²) in [6.07, 6.45) is 1.68. The maximum Gasteiger partial charge on any atom is 0.144 e. The fourth-order valence-corrected chi connectivity index (χ4v) is 19.1. The monoisotopic (exact) mass is 1240 g/mol. The second kappa shape index (κ2) is 20.6. The van der Waals surface area contributed by atoms with Crippen LogP contribution in [0.3, 0.4) is 0 Å². The molecular weight excluding hydrogens is 1170 g/mol. The average Bonchev–Trinajstić information content (AvgIpc) is 1.51. The van der Waals surface area contributed by atoms with Crippen LogP contribution in [0.15, 0.2) is 318 Å². The van der Waals surface area contributed by atoms with Crippen LogP contribution in [-0.4, -0.2) is 0 Å². The van der Waals surface area contributed by atoms with Gasteiger partial charge in [-0.1, -0.05) is 307 Å². The highest BCUT2D eigenvalue weighted by atomic mass is 16.3. The zero-order chi connectivity index (χ0) is 64.5. The first-order chi connectivity index (χ1) is 47.6. The predicted molar refractivity (Wildman–Crippen MR) is 399 cm³/mol. The van der Waals surface area contributed by atoms with Crippen molar-refractivity contribution >= 4 is 43.9 Å². The molecule has 0 saturated carbocycles. The summed E-state index contributed by atoms with van der Waals surface area (Å²) in [4.78, 5) is 0. The Balaban J connectivity index is 0.810. The Morgan fingerprint density at radius 2 is 0.763 bits per heavy atom. The number of hydrogen-bond donors (Lipinski definition) is 0. The highest BCUT2D eigenvalue weighted by molar-refractivity contribution is 6.21. The minimum absolute atomic E-state index is 0.0916. The molecule has 0 saturated heterocycles. The van der Waals surface area contributed by atoms with Crippen LogP contribution in [0.2, 0.25) is 0 Å². The Morgan fingerprint density at radius 1 is 0.289 bits per heavy atom. The molecule has 2 aromatic heterocycles. The third kappa shape index (κ3) is 7.67. The van der Waals surface area contributed by atoms with Gasteiger partial charge >= 0.3 is 0 Å². The van der Waals surface area contributed by atoms with E-state index in [0.29, 0.717) is 0 Å². The lowest BCUT2D eigenvalue weighted by atomic mass is 9.65. The van der Waals surface area contributed by atoms with Gasteiger partial charge in [0.15, 0.2) is 0 Å². The van der Waals surface area contributed by atoms with Crippen molar-refractivity contribution in [2.45, 2.75) is 68.1 Å². The van der Waals surface area contributed by atoms with E-state index >= 15 is 0 Å². The normalized spacial score (nSPS) is 15.4. The highest BCUT2D eigenvalue weighted by Gasteiger charge is 2.53. The summed E-state index contributed by atoms with van der Waals surface area (Å²) >= 11 is 0. The molecule has 0 fully saturated rings. The second-order valence-corrected chi connectivity index (χ2v) is 28.8. The predicted octanol–water partition coefficient (Wildman–Crippen LogP) is 24.1. The van der Waals surface area contributed by atoms with Gasteiger partial charge in [-0.05, 0) is 183 Å². The summed E-state index contributed by atoms with van der Waals surface area (Å²) in [5, 5.41) is 4.70. The van der Waals surface area contributed by atoms with Crippen molar-refractivity contribution in [2.24, 2.45) is 0 Å². The van der Waals surface area contributed by atoms with Crippen LogP contribution < -0.4 is 0 Å². The molecule has 0 bridgehead atoms. The van der Waals surface area contributed by atoms with E-state index in [1.54, 1.807) is 0 Å². The lowest BCUT2D eigenvalue weighted by Crippen LogP contribution is -2.30. The quantitative estimate of drug-likeness (QED) is 0.136. The Morgan fingerprint density at radius 3 is 1.42 bits per heavy atom. The SMILES string of the molecule is CC1(C)c2cc(CC(Cc3ccc(-c4ccccc4)cc3)c3ccc4c(c3)C(c3ccccc3)(c3ccccc3)c3cc5c(cc3-4)C(c3ccccc3)(c3ccccc3)c3ccc4oc6ccccc6c4c3-5)ccc2-c2c1c1c(c3c2oc2ccccc23)-c2ccccc2C1(C)C. The molecule has 460 valence electrons. The summed E-state index contributed by atoms with van der Waals surface area (Å²) in [5.74, 6) is 0.0916. The van der Waals surface area contributed by atoms with Gasteiger partial charge in [-0.2, -0.15) is 0 Å². The Labute approximate surface area is 565 Å². The molecule has 0 spiro atoms. The van der Waals surface area contributed by atoms with Crippen molar-refractivity contribution in [3.05, 3.63) is 393 Å². The number of rotatable bonds is 10. The maximum atomic E-state index is 7.16. The first-order valence-electron chi connectivity index (χ1n) is 34.5. The van der Waals surface area contributed by atoms with Crippen LogP contribution in [0.4, 0.5) is 0 Å². The van der Waals surface area contributed by atoms with Crippen molar-refractivity contribution in [2.75, 3.05) is 0 Å². The van der Waals surface area contributed by atoms with Crippen molar-refractivity contribution in [1.29, 1.82) is 0 Å². The summed E-state index contributed by atoms with van der Waals surface area (Å²) in [6.45, 7) is 9.84. The van der Waals surface area contributed by atoms with Gasteiger partial charge in [0.25, 0.3) is 0 Å². The summed E-state index contributed by atoms with van der Waals surface area (Å²) in [6, 6.07) is 117. The van der Waals surface area contributed by atoms with Crippen molar-refractivity contribution in [3.8, 4) is 55.6 Å².